The molecular weight excluding hydrogens is 649 g/mol. The van der Waals surface area contributed by atoms with Gasteiger partial charge in [0.15, 0.2) is 9.84 Å². The van der Waals surface area contributed by atoms with Crippen LogP contribution >= 0.6 is 0 Å². The molecule has 2 N–H and O–H groups in total. The predicted molar refractivity (Wildman–Crippen MR) is 173 cm³/mol. The van der Waals surface area contributed by atoms with Crippen LogP contribution in [-0.2, 0) is 34.3 Å². The van der Waals surface area contributed by atoms with Gasteiger partial charge in [-0.15, -0.1) is 0 Å². The maximum atomic E-state index is 15.3. The Balaban J connectivity index is 1.26. The van der Waals surface area contributed by atoms with E-state index in [0.29, 0.717) is 12.2 Å². The van der Waals surface area contributed by atoms with Crippen LogP contribution in [0.15, 0.2) is 72.8 Å². The maximum absolute atomic E-state index is 15.3. The van der Waals surface area contributed by atoms with Crippen molar-refractivity contribution in [1.29, 1.82) is 0 Å². The van der Waals surface area contributed by atoms with Crippen LogP contribution in [0, 0.1) is 5.82 Å². The van der Waals surface area contributed by atoms with Gasteiger partial charge in [0.1, 0.15) is 5.82 Å². The van der Waals surface area contributed by atoms with E-state index in [0.717, 1.165) is 44.4 Å². The lowest BCUT2D eigenvalue weighted by Crippen LogP contribution is -2.49. The molecule has 2 aliphatic rings. The number of nitrogens with one attached hydrogen (secondary N) is 2. The van der Waals surface area contributed by atoms with Crippen molar-refractivity contribution in [2.24, 2.45) is 0 Å². The Morgan fingerprint density at radius 1 is 0.771 bits per heavy atom. The van der Waals surface area contributed by atoms with Crippen molar-refractivity contribution in [2.45, 2.75) is 26.1 Å². The zero-order valence-electron chi connectivity index (χ0n) is 26.2. The molecule has 3 aromatic rings. The van der Waals surface area contributed by atoms with Crippen molar-refractivity contribution in [3.63, 3.8) is 0 Å². The summed E-state index contributed by atoms with van der Waals surface area (Å²) in [5.41, 5.74) is 5.95. The van der Waals surface area contributed by atoms with E-state index in [-0.39, 0.29) is 42.3 Å². The minimum Gasteiger partial charge on any atom is -0.322 e. The van der Waals surface area contributed by atoms with E-state index >= 15 is 4.39 Å². The molecule has 0 radical (unpaired) electrons. The van der Waals surface area contributed by atoms with Crippen LogP contribution in [0.1, 0.15) is 27.0 Å². The normalized spacial score (nSPS) is 16.8. The first-order valence-electron chi connectivity index (χ1n) is 15.5. The van der Waals surface area contributed by atoms with Gasteiger partial charge in [0, 0.05) is 69.2 Å². The number of sulfone groups is 1. The topological polar surface area (TPSA) is 122 Å². The molecule has 2 heterocycles. The molecule has 0 aliphatic carbocycles. The molecule has 4 amide bonds. The van der Waals surface area contributed by atoms with Crippen LogP contribution in [0.25, 0.3) is 0 Å². The third kappa shape index (κ3) is 9.33. The molecule has 0 atom stereocenters. The third-order valence-electron chi connectivity index (χ3n) is 8.36. The minimum atomic E-state index is -3.34. The highest BCUT2D eigenvalue weighted by Gasteiger charge is 2.30. The average Bonchev–Trinajstić information content (AvgIpc) is 3.08. The molecule has 0 saturated carbocycles. The van der Waals surface area contributed by atoms with Gasteiger partial charge in [-0.3, -0.25) is 35.1 Å². The monoisotopic (exact) mass is 686 g/mol. The van der Waals surface area contributed by atoms with Gasteiger partial charge in [-0.25, -0.2) is 17.6 Å². The van der Waals surface area contributed by atoms with E-state index in [1.165, 1.54) is 27.5 Å². The summed E-state index contributed by atoms with van der Waals surface area (Å²) in [6.07, 6.45) is -3.34. The quantitative estimate of drug-likeness (QED) is 0.332. The second-order valence-electron chi connectivity index (χ2n) is 11.8. The summed E-state index contributed by atoms with van der Waals surface area (Å²) in [6.45, 7) is 5.08. The zero-order chi connectivity index (χ0) is 34.3. The second kappa shape index (κ2) is 15.6. The number of hydrazine groups is 1. The fourth-order valence-corrected chi connectivity index (χ4v) is 6.76. The lowest BCUT2D eigenvalue weighted by atomic mass is 10.1. The Morgan fingerprint density at radius 2 is 1.35 bits per heavy atom. The lowest BCUT2D eigenvalue weighted by molar-refractivity contribution is -0.132. The van der Waals surface area contributed by atoms with Crippen molar-refractivity contribution in [3.05, 3.63) is 101 Å². The number of rotatable bonds is 9. The first kappa shape index (κ1) is 34.9. The highest BCUT2D eigenvalue weighted by molar-refractivity contribution is 7.91. The minimum absolute atomic E-state index is 0.00205. The molecule has 0 aromatic heterocycles. The van der Waals surface area contributed by atoms with E-state index in [9.17, 15) is 31.6 Å². The van der Waals surface area contributed by atoms with Crippen LogP contribution in [0.4, 0.5) is 23.7 Å². The van der Waals surface area contributed by atoms with Crippen LogP contribution in [0.3, 0.4) is 0 Å². The Labute approximate surface area is 277 Å². The van der Waals surface area contributed by atoms with Gasteiger partial charge < -0.3 is 4.90 Å². The number of nitrogens with zero attached hydrogens (tertiary/aromatic N) is 4. The Hall–Kier alpha value is -4.47. The smallest absolute Gasteiger partial charge is 0.322 e. The molecule has 0 bridgehead atoms. The highest BCUT2D eigenvalue weighted by Crippen LogP contribution is 2.24. The van der Waals surface area contributed by atoms with Crippen LogP contribution in [0.5, 0.6) is 0 Å². The van der Waals surface area contributed by atoms with Crippen molar-refractivity contribution in [2.75, 3.05) is 55.7 Å². The molecule has 2 saturated heterocycles. The first-order valence-corrected chi connectivity index (χ1v) is 17.3. The van der Waals surface area contributed by atoms with Gasteiger partial charge in [-0.1, -0.05) is 48.5 Å². The zero-order valence-corrected chi connectivity index (χ0v) is 27.0. The number of anilines is 1. The largest absolute Gasteiger partial charge is 0.324 e. The molecule has 5 rings (SSSR count). The summed E-state index contributed by atoms with van der Waals surface area (Å²) < 4.78 is 64.1. The number of amides is 4. The van der Waals surface area contributed by atoms with Crippen molar-refractivity contribution < 1.29 is 36.0 Å². The summed E-state index contributed by atoms with van der Waals surface area (Å²) >= 11 is 0. The number of carbonyl (C=O) groups is 3. The van der Waals surface area contributed by atoms with Gasteiger partial charge in [0.05, 0.1) is 18.1 Å². The summed E-state index contributed by atoms with van der Waals surface area (Å²) in [5.74, 6) is -3.92. The Kier molecular flexibility index (Phi) is 11.3. The molecule has 11 nitrogen and oxygen atoms in total. The molecule has 3 aromatic carbocycles. The van der Waals surface area contributed by atoms with Crippen LogP contribution in [0.2, 0.25) is 0 Å². The summed E-state index contributed by atoms with van der Waals surface area (Å²) in [5, 5.41) is 0. The predicted octanol–water partition coefficient (Wildman–Crippen LogP) is 3.03. The van der Waals surface area contributed by atoms with E-state index in [1.807, 2.05) is 30.3 Å². The molecular formula is C33H37F3N6O5S. The Bertz CT molecular complexity index is 1690. The average molecular weight is 687 g/mol. The standard InChI is InChI=1S/C33H37F3N6O5S/c34-29-20-26(31(43)37-38-32(44)30(35)36)8-9-27(29)23-42(33(45)41-16-18-48(46,47)19-17-41)28-10-6-25(7-11-28)22-40-14-12-39(13-15-40)21-24-4-2-1-3-5-24/h1-11,20,30H,12-19,21-23H2,(H,37,43)(H,38,44). The number of benzene rings is 3. The number of hydrogen-bond acceptors (Lipinski definition) is 7. The summed E-state index contributed by atoms with van der Waals surface area (Å²) in [6, 6.07) is 20.6. The van der Waals surface area contributed by atoms with Gasteiger partial charge in [-0.05, 0) is 35.4 Å². The van der Waals surface area contributed by atoms with Crippen LogP contribution < -0.4 is 15.8 Å². The maximum Gasteiger partial charge on any atom is 0.324 e. The number of halogens is 3. The summed E-state index contributed by atoms with van der Waals surface area (Å²) in [7, 11) is -3.26. The number of piperazine rings is 1. The molecule has 2 aliphatic heterocycles. The van der Waals surface area contributed by atoms with E-state index in [2.05, 4.69) is 21.9 Å². The van der Waals surface area contributed by atoms with E-state index in [4.69, 9.17) is 0 Å². The van der Waals surface area contributed by atoms with Crippen LogP contribution in [-0.4, -0.2) is 98.2 Å². The van der Waals surface area contributed by atoms with Gasteiger partial charge in [0.25, 0.3) is 5.91 Å². The van der Waals surface area contributed by atoms with Gasteiger partial charge in [0.2, 0.25) is 0 Å². The van der Waals surface area contributed by atoms with Crippen molar-refractivity contribution in [1.82, 2.24) is 25.6 Å². The highest BCUT2D eigenvalue weighted by atomic mass is 32.2. The molecule has 0 spiro atoms. The number of carbonyl (C=O) groups excluding carboxylic acids is 3. The fourth-order valence-electron chi connectivity index (χ4n) is 5.56. The van der Waals surface area contributed by atoms with Gasteiger partial charge in [-0.2, -0.15) is 8.78 Å². The fraction of sp³-hybridized carbons (Fsp3) is 0.364. The molecule has 2 fully saturated rings. The molecule has 15 heteroatoms. The number of urea groups is 1. The first-order chi connectivity index (χ1) is 23.0. The lowest BCUT2D eigenvalue weighted by Gasteiger charge is -2.35. The van der Waals surface area contributed by atoms with E-state index < -0.39 is 39.9 Å². The van der Waals surface area contributed by atoms with Crippen molar-refractivity contribution >= 4 is 33.4 Å². The van der Waals surface area contributed by atoms with Gasteiger partial charge >= 0.3 is 18.4 Å². The Morgan fingerprint density at radius 3 is 1.92 bits per heavy atom. The number of alkyl halides is 2. The SMILES string of the molecule is O=C(NNC(=O)C(F)F)c1ccc(CN(C(=O)N2CCS(=O)(=O)CC2)c2ccc(CN3CCN(Cc4ccccc4)CC3)cc2)c(F)c1. The third-order valence-corrected chi connectivity index (χ3v) is 9.96. The number of hydrogen-bond donors (Lipinski definition) is 2. The van der Waals surface area contributed by atoms with E-state index in [1.54, 1.807) is 23.0 Å². The molecule has 48 heavy (non-hydrogen) atoms. The summed E-state index contributed by atoms with van der Waals surface area (Å²) in [4.78, 5) is 44.6. The second-order valence-corrected chi connectivity index (χ2v) is 14.1. The van der Waals surface area contributed by atoms with Crippen molar-refractivity contribution in [3.8, 4) is 0 Å². The molecule has 256 valence electrons. The molecule has 0 unspecified atom stereocenters.